The number of hydrogen-bond acceptors (Lipinski definition) is 7. The lowest BCUT2D eigenvalue weighted by atomic mass is 9.99. The second-order valence-corrected chi connectivity index (χ2v) is 9.31. The fourth-order valence-corrected chi connectivity index (χ4v) is 4.06. The zero-order valence-corrected chi connectivity index (χ0v) is 17.3. The maximum Gasteiger partial charge on any atom is 0.388 e. The molecule has 1 saturated heterocycles. The Morgan fingerprint density at radius 2 is 1.97 bits per heavy atom. The van der Waals surface area contributed by atoms with Crippen LogP contribution < -0.4 is 14.5 Å². The van der Waals surface area contributed by atoms with Crippen molar-refractivity contribution in [1.29, 1.82) is 0 Å². The van der Waals surface area contributed by atoms with Crippen LogP contribution in [0.15, 0.2) is 41.4 Å². The zero-order chi connectivity index (χ0) is 21.2. The second kappa shape index (κ2) is 8.48. The Kier molecular flexibility index (Phi) is 6.21. The van der Waals surface area contributed by atoms with Gasteiger partial charge in [0.05, 0.1) is 10.9 Å². The summed E-state index contributed by atoms with van der Waals surface area (Å²) >= 11 is 0. The molecule has 1 aliphatic rings. The van der Waals surface area contributed by atoms with Gasteiger partial charge in [0, 0.05) is 43.8 Å². The molecule has 1 fully saturated rings. The number of hydrogen-bond donors (Lipinski definition) is 0. The Hall–Kier alpha value is -2.49. The lowest BCUT2D eigenvalue weighted by Gasteiger charge is -2.44. The highest BCUT2D eigenvalue weighted by Gasteiger charge is 2.31. The number of ether oxygens (including phenoxy) is 1. The molecular formula is C19H24F2N4O3S. The van der Waals surface area contributed by atoms with Crippen molar-refractivity contribution in [3.8, 4) is 5.88 Å². The van der Waals surface area contributed by atoms with Gasteiger partial charge in [-0.25, -0.2) is 13.4 Å². The fraction of sp³-hybridized carbons (Fsp3) is 0.474. The van der Waals surface area contributed by atoms with Gasteiger partial charge < -0.3 is 14.5 Å². The van der Waals surface area contributed by atoms with Crippen LogP contribution in [0, 0.1) is 5.92 Å². The summed E-state index contributed by atoms with van der Waals surface area (Å²) < 4.78 is 53.2. The predicted molar refractivity (Wildman–Crippen MR) is 106 cm³/mol. The minimum Gasteiger partial charge on any atom is -0.417 e. The Balaban J connectivity index is 1.84. The van der Waals surface area contributed by atoms with Gasteiger partial charge in [-0.3, -0.25) is 0 Å². The Morgan fingerprint density at radius 1 is 1.21 bits per heavy atom. The molecule has 1 aliphatic heterocycles. The monoisotopic (exact) mass is 426 g/mol. The van der Waals surface area contributed by atoms with Crippen molar-refractivity contribution >= 4 is 21.5 Å². The zero-order valence-electron chi connectivity index (χ0n) is 16.5. The van der Waals surface area contributed by atoms with Gasteiger partial charge in [0.2, 0.25) is 11.8 Å². The molecule has 2 aromatic rings. The smallest absolute Gasteiger partial charge is 0.388 e. The Labute approximate surface area is 169 Å². The number of sulfone groups is 1. The third kappa shape index (κ3) is 5.11. The van der Waals surface area contributed by atoms with Crippen molar-refractivity contribution in [2.45, 2.75) is 31.4 Å². The van der Waals surface area contributed by atoms with Crippen LogP contribution in [0.5, 0.6) is 5.88 Å². The van der Waals surface area contributed by atoms with Crippen LogP contribution in [0.25, 0.3) is 0 Å². The maximum absolute atomic E-state index is 12.5. The van der Waals surface area contributed by atoms with Gasteiger partial charge in [0.15, 0.2) is 9.84 Å². The van der Waals surface area contributed by atoms with Crippen molar-refractivity contribution < 1.29 is 21.9 Å². The molecule has 29 heavy (non-hydrogen) atoms. The van der Waals surface area contributed by atoms with Crippen LogP contribution in [0.2, 0.25) is 0 Å². The summed E-state index contributed by atoms with van der Waals surface area (Å²) in [6.07, 6.45) is 2.59. The van der Waals surface area contributed by atoms with E-state index >= 15 is 0 Å². The highest BCUT2D eigenvalue weighted by Crippen LogP contribution is 2.27. The van der Waals surface area contributed by atoms with Gasteiger partial charge in [0.25, 0.3) is 0 Å². The molecule has 0 spiro atoms. The van der Waals surface area contributed by atoms with Crippen LogP contribution in [0.1, 0.15) is 13.8 Å². The maximum atomic E-state index is 12.5. The summed E-state index contributed by atoms with van der Waals surface area (Å²) in [6.45, 7) is 2.97. The molecule has 0 amide bonds. The molecule has 0 aliphatic carbocycles. The van der Waals surface area contributed by atoms with Gasteiger partial charge in [-0.1, -0.05) is 19.9 Å². The minimum atomic E-state index is -3.29. The van der Waals surface area contributed by atoms with E-state index in [4.69, 9.17) is 0 Å². The lowest BCUT2D eigenvalue weighted by molar-refractivity contribution is -0.0528. The van der Waals surface area contributed by atoms with E-state index in [-0.39, 0.29) is 22.7 Å². The molecule has 3 rings (SSSR count). The van der Waals surface area contributed by atoms with E-state index in [1.54, 1.807) is 18.2 Å². The van der Waals surface area contributed by atoms with E-state index in [0.29, 0.717) is 25.6 Å². The quantitative estimate of drug-likeness (QED) is 0.703. The highest BCUT2D eigenvalue weighted by molar-refractivity contribution is 7.90. The first kappa shape index (κ1) is 21.2. The van der Waals surface area contributed by atoms with Crippen molar-refractivity contribution in [1.82, 2.24) is 9.97 Å². The molecule has 1 aromatic heterocycles. The van der Waals surface area contributed by atoms with Crippen LogP contribution in [-0.2, 0) is 9.84 Å². The van der Waals surface area contributed by atoms with Crippen molar-refractivity contribution in [2.75, 3.05) is 35.7 Å². The molecule has 0 unspecified atom stereocenters. The topological polar surface area (TPSA) is 75.6 Å². The summed E-state index contributed by atoms with van der Waals surface area (Å²) in [5.74, 6) is 0.390. The fourth-order valence-electron chi connectivity index (χ4n) is 3.40. The van der Waals surface area contributed by atoms with E-state index in [9.17, 15) is 17.2 Å². The van der Waals surface area contributed by atoms with Crippen LogP contribution in [0.4, 0.5) is 20.4 Å². The molecule has 158 valence electrons. The number of nitrogens with zero attached hydrogens (tertiary/aromatic N) is 4. The van der Waals surface area contributed by atoms with Crippen LogP contribution in [-0.4, -0.2) is 56.9 Å². The molecule has 0 N–H and O–H groups in total. The lowest BCUT2D eigenvalue weighted by Crippen LogP contribution is -2.56. The molecule has 2 heterocycles. The average molecular weight is 426 g/mol. The van der Waals surface area contributed by atoms with Gasteiger partial charge in [0.1, 0.15) is 0 Å². The number of halogens is 2. The molecule has 7 nitrogen and oxygen atoms in total. The van der Waals surface area contributed by atoms with Crippen molar-refractivity contribution in [2.24, 2.45) is 5.92 Å². The van der Waals surface area contributed by atoms with Gasteiger partial charge in [-0.2, -0.15) is 13.8 Å². The van der Waals surface area contributed by atoms with E-state index in [0.717, 1.165) is 5.69 Å². The first-order valence-corrected chi connectivity index (χ1v) is 11.1. The van der Waals surface area contributed by atoms with E-state index in [1.807, 2.05) is 11.0 Å². The molecular weight excluding hydrogens is 402 g/mol. The number of aromatic nitrogens is 2. The minimum absolute atomic E-state index is 0.00689. The summed E-state index contributed by atoms with van der Waals surface area (Å²) in [5, 5.41) is 0. The van der Waals surface area contributed by atoms with Gasteiger partial charge in [-0.15, -0.1) is 0 Å². The van der Waals surface area contributed by atoms with Crippen molar-refractivity contribution in [3.63, 3.8) is 0 Å². The van der Waals surface area contributed by atoms with Crippen LogP contribution >= 0.6 is 0 Å². The van der Waals surface area contributed by atoms with Crippen molar-refractivity contribution in [3.05, 3.63) is 36.5 Å². The van der Waals surface area contributed by atoms with E-state index in [2.05, 4.69) is 33.5 Å². The number of rotatable bonds is 6. The van der Waals surface area contributed by atoms with Gasteiger partial charge >= 0.3 is 6.61 Å². The summed E-state index contributed by atoms with van der Waals surface area (Å²) in [7, 11) is -3.29. The standard InChI is InChI=1S/C19H24F2N4O3S/c1-13(2)16-12-24(14-5-4-6-15(11-14)29(3,26)27)9-10-25(16)19-22-8-7-17(23-19)28-18(20)21/h4-8,11,13,16,18H,9-10,12H2,1-3H3/t16-/m0/s1. The molecule has 1 aromatic carbocycles. The van der Waals surface area contributed by atoms with E-state index < -0.39 is 16.4 Å². The SMILES string of the molecule is CC(C)[C@@H]1CN(c2cccc(S(C)(=O)=O)c2)CCN1c1nccc(OC(F)F)n1. The molecule has 1 atom stereocenters. The Morgan fingerprint density at radius 3 is 2.62 bits per heavy atom. The number of alkyl halides is 2. The molecule has 0 radical (unpaired) electrons. The molecule has 0 bridgehead atoms. The average Bonchev–Trinajstić information content (AvgIpc) is 2.66. The third-order valence-electron chi connectivity index (χ3n) is 4.88. The highest BCUT2D eigenvalue weighted by atomic mass is 32.2. The van der Waals surface area contributed by atoms with Crippen LogP contribution in [0.3, 0.4) is 0 Å². The molecule has 0 saturated carbocycles. The first-order valence-electron chi connectivity index (χ1n) is 9.24. The largest absolute Gasteiger partial charge is 0.417 e. The first-order chi connectivity index (χ1) is 13.6. The number of benzene rings is 1. The second-order valence-electron chi connectivity index (χ2n) is 7.29. The summed E-state index contributed by atoms with van der Waals surface area (Å²) in [5.41, 5.74) is 0.828. The van der Waals surface area contributed by atoms with Gasteiger partial charge in [-0.05, 0) is 24.1 Å². The molecule has 10 heteroatoms. The number of piperazine rings is 1. The summed E-state index contributed by atoms with van der Waals surface area (Å²) in [4.78, 5) is 12.8. The van der Waals surface area contributed by atoms with E-state index in [1.165, 1.54) is 18.5 Å². The summed E-state index contributed by atoms with van der Waals surface area (Å²) in [6, 6.07) is 8.18. The Bertz CT molecular complexity index is 956. The number of anilines is 2. The normalized spacial score (nSPS) is 17.8. The third-order valence-corrected chi connectivity index (χ3v) is 5.99. The predicted octanol–water partition coefficient (Wildman–Crippen LogP) is 2.83.